The number of nitrogens with zero attached hydrogens (tertiary/aromatic N) is 1. The minimum atomic E-state index is -0.838. The highest BCUT2D eigenvalue weighted by atomic mass is 16.5. The van der Waals surface area contributed by atoms with Crippen LogP contribution in [0.15, 0.2) is 24.3 Å². The summed E-state index contributed by atoms with van der Waals surface area (Å²) in [7, 11) is 1.60. The summed E-state index contributed by atoms with van der Waals surface area (Å²) in [6.45, 7) is 3.71. The predicted molar refractivity (Wildman–Crippen MR) is 105 cm³/mol. The highest BCUT2D eigenvalue weighted by Gasteiger charge is 2.55. The molecule has 2 aliphatic rings. The standard InChI is InChI=1S/C21H29N3O4/c1-4-17(15-8-10-16(28-3)11-9-15)22-18(25)13-24-19(26)21(23-20(24)27)12-6-5-7-14(21)2/h8-11,14,17H,4-7,12-13H2,1-3H3,(H,22,25)(H,23,27)/t14-,17-,21+/m0/s1. The van der Waals surface area contributed by atoms with E-state index in [-0.39, 0.29) is 30.3 Å². The molecule has 1 saturated heterocycles. The molecule has 28 heavy (non-hydrogen) atoms. The van der Waals surface area contributed by atoms with Crippen LogP contribution in [0.5, 0.6) is 5.75 Å². The van der Waals surface area contributed by atoms with E-state index >= 15 is 0 Å². The first-order chi connectivity index (χ1) is 13.4. The van der Waals surface area contributed by atoms with Crippen LogP contribution in [0, 0.1) is 5.92 Å². The summed E-state index contributed by atoms with van der Waals surface area (Å²) in [5, 5.41) is 5.82. The number of ether oxygens (including phenoxy) is 1. The lowest BCUT2D eigenvalue weighted by Crippen LogP contribution is -2.54. The van der Waals surface area contributed by atoms with Gasteiger partial charge in [0, 0.05) is 0 Å². The van der Waals surface area contributed by atoms with Crippen molar-refractivity contribution < 1.29 is 19.1 Å². The van der Waals surface area contributed by atoms with E-state index in [0.717, 1.165) is 35.5 Å². The molecule has 7 heteroatoms. The van der Waals surface area contributed by atoms with Gasteiger partial charge in [0.15, 0.2) is 0 Å². The molecule has 2 fully saturated rings. The Balaban J connectivity index is 1.66. The Hall–Kier alpha value is -2.57. The van der Waals surface area contributed by atoms with Gasteiger partial charge in [-0.1, -0.05) is 38.8 Å². The molecular formula is C21H29N3O4. The van der Waals surface area contributed by atoms with Crippen molar-refractivity contribution in [3.63, 3.8) is 0 Å². The Morgan fingerprint density at radius 2 is 2.04 bits per heavy atom. The van der Waals surface area contributed by atoms with Crippen molar-refractivity contribution in [2.24, 2.45) is 5.92 Å². The predicted octanol–water partition coefficient (Wildman–Crippen LogP) is 2.76. The zero-order chi connectivity index (χ0) is 20.3. The highest BCUT2D eigenvalue weighted by molar-refractivity contribution is 6.09. The van der Waals surface area contributed by atoms with E-state index in [1.54, 1.807) is 7.11 Å². The fourth-order valence-electron chi connectivity index (χ4n) is 4.28. The number of hydrogen-bond donors (Lipinski definition) is 2. The third kappa shape index (κ3) is 3.70. The topological polar surface area (TPSA) is 87.7 Å². The summed E-state index contributed by atoms with van der Waals surface area (Å²) < 4.78 is 5.16. The van der Waals surface area contributed by atoms with Gasteiger partial charge in [-0.25, -0.2) is 4.79 Å². The number of carbonyl (C=O) groups is 3. The van der Waals surface area contributed by atoms with Gasteiger partial charge < -0.3 is 15.4 Å². The summed E-state index contributed by atoms with van der Waals surface area (Å²) in [6.07, 6.45) is 4.21. The number of amides is 4. The molecule has 0 radical (unpaired) electrons. The van der Waals surface area contributed by atoms with Crippen LogP contribution in [-0.4, -0.2) is 41.9 Å². The third-order valence-corrected chi connectivity index (χ3v) is 6.06. The van der Waals surface area contributed by atoms with Gasteiger partial charge in [0.05, 0.1) is 13.2 Å². The molecule has 2 N–H and O–H groups in total. The first kappa shape index (κ1) is 20.2. The maximum atomic E-state index is 13.0. The first-order valence-corrected chi connectivity index (χ1v) is 9.98. The van der Waals surface area contributed by atoms with E-state index in [1.807, 2.05) is 38.1 Å². The van der Waals surface area contributed by atoms with Crippen molar-refractivity contribution in [3.05, 3.63) is 29.8 Å². The Morgan fingerprint density at radius 3 is 2.64 bits per heavy atom. The summed E-state index contributed by atoms with van der Waals surface area (Å²) in [5.41, 5.74) is 0.113. The van der Waals surface area contributed by atoms with Crippen LogP contribution in [0.1, 0.15) is 57.6 Å². The van der Waals surface area contributed by atoms with Gasteiger partial charge in [0.2, 0.25) is 5.91 Å². The Bertz CT molecular complexity index is 749. The van der Waals surface area contributed by atoms with E-state index in [1.165, 1.54) is 0 Å². The average molecular weight is 387 g/mol. The van der Waals surface area contributed by atoms with Crippen LogP contribution < -0.4 is 15.4 Å². The third-order valence-electron chi connectivity index (χ3n) is 6.06. The summed E-state index contributed by atoms with van der Waals surface area (Å²) >= 11 is 0. The maximum Gasteiger partial charge on any atom is 0.325 e. The fraction of sp³-hybridized carbons (Fsp3) is 0.571. The van der Waals surface area contributed by atoms with Crippen molar-refractivity contribution in [3.8, 4) is 5.75 Å². The molecule has 1 aliphatic carbocycles. The zero-order valence-corrected chi connectivity index (χ0v) is 16.8. The molecule has 4 amide bonds. The monoisotopic (exact) mass is 387 g/mol. The molecule has 1 aliphatic heterocycles. The zero-order valence-electron chi connectivity index (χ0n) is 16.8. The second-order valence-corrected chi connectivity index (χ2v) is 7.74. The second kappa shape index (κ2) is 8.20. The number of rotatable bonds is 6. The summed E-state index contributed by atoms with van der Waals surface area (Å²) in [6, 6.07) is 6.83. The largest absolute Gasteiger partial charge is 0.497 e. The van der Waals surface area contributed by atoms with E-state index < -0.39 is 11.6 Å². The van der Waals surface area contributed by atoms with Crippen LogP contribution in [-0.2, 0) is 9.59 Å². The normalized spacial score (nSPS) is 25.5. The Kier molecular flexibility index (Phi) is 5.91. The number of urea groups is 1. The lowest BCUT2D eigenvalue weighted by molar-refractivity contribution is -0.137. The van der Waals surface area contributed by atoms with Gasteiger partial charge in [0.1, 0.15) is 17.8 Å². The smallest absolute Gasteiger partial charge is 0.325 e. The molecular weight excluding hydrogens is 358 g/mol. The van der Waals surface area contributed by atoms with Gasteiger partial charge in [0.25, 0.3) is 5.91 Å². The summed E-state index contributed by atoms with van der Waals surface area (Å²) in [5.74, 6) is 0.216. The van der Waals surface area contributed by atoms with Crippen molar-refractivity contribution in [1.29, 1.82) is 0 Å². The van der Waals surface area contributed by atoms with Crippen LogP contribution in [0.25, 0.3) is 0 Å². The molecule has 3 rings (SSSR count). The average Bonchev–Trinajstić information content (AvgIpc) is 2.93. The number of imide groups is 1. The SMILES string of the molecule is CC[C@H](NC(=O)CN1C(=O)N[C@@]2(CCCC[C@@H]2C)C1=O)c1ccc(OC)cc1. The maximum absolute atomic E-state index is 13.0. The van der Waals surface area contributed by atoms with Crippen LogP contribution in [0.2, 0.25) is 0 Å². The van der Waals surface area contributed by atoms with Gasteiger partial charge >= 0.3 is 6.03 Å². The van der Waals surface area contributed by atoms with E-state index in [4.69, 9.17) is 4.74 Å². The van der Waals surface area contributed by atoms with Crippen LogP contribution in [0.4, 0.5) is 4.79 Å². The van der Waals surface area contributed by atoms with Gasteiger partial charge in [-0.05, 0) is 42.9 Å². The van der Waals surface area contributed by atoms with Crippen LogP contribution in [0.3, 0.4) is 0 Å². The Morgan fingerprint density at radius 1 is 1.32 bits per heavy atom. The van der Waals surface area contributed by atoms with Crippen molar-refractivity contribution >= 4 is 17.8 Å². The highest BCUT2D eigenvalue weighted by Crippen LogP contribution is 2.38. The molecule has 1 saturated carbocycles. The molecule has 0 bridgehead atoms. The van der Waals surface area contributed by atoms with Gasteiger partial charge in [-0.3, -0.25) is 14.5 Å². The number of hydrogen-bond acceptors (Lipinski definition) is 4. The molecule has 152 valence electrons. The van der Waals surface area contributed by atoms with Crippen molar-refractivity contribution in [2.45, 2.75) is 57.5 Å². The lowest BCUT2D eigenvalue weighted by Gasteiger charge is -2.36. The van der Waals surface area contributed by atoms with E-state index in [9.17, 15) is 14.4 Å². The first-order valence-electron chi connectivity index (χ1n) is 9.98. The van der Waals surface area contributed by atoms with Crippen LogP contribution >= 0.6 is 0 Å². The Labute approximate surface area is 165 Å². The number of carbonyl (C=O) groups excluding carboxylic acids is 3. The molecule has 1 spiro atoms. The lowest BCUT2D eigenvalue weighted by atomic mass is 9.73. The molecule has 1 aromatic carbocycles. The van der Waals surface area contributed by atoms with Crippen molar-refractivity contribution in [1.82, 2.24) is 15.5 Å². The number of benzene rings is 1. The molecule has 1 heterocycles. The van der Waals surface area contributed by atoms with E-state index in [2.05, 4.69) is 10.6 Å². The molecule has 0 aromatic heterocycles. The fourth-order valence-corrected chi connectivity index (χ4v) is 4.28. The van der Waals surface area contributed by atoms with Gasteiger partial charge in [-0.15, -0.1) is 0 Å². The van der Waals surface area contributed by atoms with Crippen molar-refractivity contribution in [2.75, 3.05) is 13.7 Å². The summed E-state index contributed by atoms with van der Waals surface area (Å²) in [4.78, 5) is 39.1. The molecule has 3 atom stereocenters. The molecule has 1 aromatic rings. The molecule has 0 unspecified atom stereocenters. The second-order valence-electron chi connectivity index (χ2n) is 7.74. The van der Waals surface area contributed by atoms with E-state index in [0.29, 0.717) is 12.8 Å². The molecule has 7 nitrogen and oxygen atoms in total. The van der Waals surface area contributed by atoms with Gasteiger partial charge in [-0.2, -0.15) is 0 Å². The minimum absolute atomic E-state index is 0.0773. The quantitative estimate of drug-likeness (QED) is 0.735. The number of nitrogens with one attached hydrogen (secondary N) is 2. The number of methoxy groups -OCH3 is 1. The minimum Gasteiger partial charge on any atom is -0.497 e.